The van der Waals surface area contributed by atoms with E-state index in [0.29, 0.717) is 30.0 Å². The van der Waals surface area contributed by atoms with Crippen LogP contribution in [0.1, 0.15) is 22.8 Å². The molecule has 2 N–H and O–H groups in total. The zero-order chi connectivity index (χ0) is 15.8. The molecule has 0 radical (unpaired) electrons. The first kappa shape index (κ1) is 17.0. The first-order valence-corrected chi connectivity index (χ1v) is 6.88. The fraction of sp³-hybridized carbons (Fsp3) is 0.438. The molecule has 5 heteroatoms. The predicted octanol–water partition coefficient (Wildman–Crippen LogP) is 1.77. The van der Waals surface area contributed by atoms with Crippen LogP contribution in [0, 0.1) is 0 Å². The van der Waals surface area contributed by atoms with Crippen molar-refractivity contribution in [1.82, 2.24) is 10.6 Å². The molecular formula is C16H24N2O3. The topological polar surface area (TPSA) is 59.6 Å². The fourth-order valence-corrected chi connectivity index (χ4v) is 1.93. The van der Waals surface area contributed by atoms with Crippen molar-refractivity contribution in [3.05, 3.63) is 35.9 Å². The second kappa shape index (κ2) is 8.32. The van der Waals surface area contributed by atoms with E-state index in [-0.39, 0.29) is 11.9 Å². The van der Waals surface area contributed by atoms with Gasteiger partial charge in [0, 0.05) is 23.7 Å². The molecule has 0 saturated heterocycles. The zero-order valence-corrected chi connectivity index (χ0v) is 13.2. The molecule has 5 nitrogen and oxygen atoms in total. The Kier molecular flexibility index (Phi) is 6.75. The van der Waals surface area contributed by atoms with Gasteiger partial charge in [-0.1, -0.05) is 6.08 Å². The van der Waals surface area contributed by atoms with Crippen molar-refractivity contribution in [1.29, 1.82) is 0 Å². The van der Waals surface area contributed by atoms with Crippen molar-refractivity contribution in [2.45, 2.75) is 19.4 Å². The van der Waals surface area contributed by atoms with Crippen LogP contribution in [0.3, 0.4) is 0 Å². The number of hydrogen-bond donors (Lipinski definition) is 2. The first-order valence-electron chi connectivity index (χ1n) is 6.88. The molecule has 0 aliphatic heterocycles. The van der Waals surface area contributed by atoms with Gasteiger partial charge in [0.15, 0.2) is 11.5 Å². The number of allylic oxidation sites excluding steroid dienone is 1. The van der Waals surface area contributed by atoms with Crippen LogP contribution in [0.4, 0.5) is 0 Å². The number of carbonyl (C=O) groups is 1. The van der Waals surface area contributed by atoms with Gasteiger partial charge in [0.1, 0.15) is 0 Å². The van der Waals surface area contributed by atoms with Crippen molar-refractivity contribution >= 4 is 5.91 Å². The van der Waals surface area contributed by atoms with Crippen LogP contribution >= 0.6 is 0 Å². The lowest BCUT2D eigenvalue weighted by atomic mass is 10.0. The maximum absolute atomic E-state index is 12.2. The van der Waals surface area contributed by atoms with Gasteiger partial charge in [0.2, 0.25) is 0 Å². The van der Waals surface area contributed by atoms with Gasteiger partial charge in [-0.25, -0.2) is 0 Å². The summed E-state index contributed by atoms with van der Waals surface area (Å²) in [5.41, 5.74) is 1.42. The Morgan fingerprint density at radius 2 is 2.10 bits per heavy atom. The van der Waals surface area contributed by atoms with E-state index in [1.165, 1.54) is 0 Å². The van der Waals surface area contributed by atoms with Crippen molar-refractivity contribution in [2.75, 3.05) is 27.8 Å². The average molecular weight is 292 g/mol. The summed E-state index contributed by atoms with van der Waals surface area (Å²) >= 11 is 0. The summed E-state index contributed by atoms with van der Waals surface area (Å²) in [7, 11) is 4.99. The number of ether oxygens (including phenoxy) is 2. The molecule has 1 aromatic rings. The van der Waals surface area contributed by atoms with Crippen molar-refractivity contribution in [3.8, 4) is 11.5 Å². The van der Waals surface area contributed by atoms with E-state index in [0.717, 1.165) is 5.56 Å². The minimum atomic E-state index is -0.136. The largest absolute Gasteiger partial charge is 0.493 e. The van der Waals surface area contributed by atoms with Crippen molar-refractivity contribution in [2.24, 2.45) is 0 Å². The average Bonchev–Trinajstić information content (AvgIpc) is 2.51. The van der Waals surface area contributed by atoms with Gasteiger partial charge in [-0.15, -0.1) is 6.58 Å². The normalized spacial score (nSPS) is 11.6. The lowest BCUT2D eigenvalue weighted by Gasteiger charge is -2.15. The Hall–Kier alpha value is -2.01. The van der Waals surface area contributed by atoms with E-state index in [1.807, 2.05) is 20.0 Å². The van der Waals surface area contributed by atoms with Crippen molar-refractivity contribution in [3.63, 3.8) is 0 Å². The van der Waals surface area contributed by atoms with Crippen LogP contribution in [0.15, 0.2) is 24.8 Å². The van der Waals surface area contributed by atoms with Crippen molar-refractivity contribution < 1.29 is 14.3 Å². The van der Waals surface area contributed by atoms with Gasteiger partial charge in [-0.2, -0.15) is 0 Å². The second-order valence-electron chi connectivity index (χ2n) is 4.76. The molecule has 0 aliphatic rings. The Balaban J connectivity index is 3.04. The lowest BCUT2D eigenvalue weighted by Crippen LogP contribution is -2.37. The Bertz CT molecular complexity index is 501. The number of carbonyl (C=O) groups excluding carboxylic acids is 1. The van der Waals surface area contributed by atoms with E-state index in [9.17, 15) is 4.79 Å². The SMILES string of the molecule is C=CCc1cc(C(=O)NCC(C)NC)cc(OC)c1OC. The first-order chi connectivity index (χ1) is 10.1. The summed E-state index contributed by atoms with van der Waals surface area (Å²) in [4.78, 5) is 12.2. The highest BCUT2D eigenvalue weighted by Crippen LogP contribution is 2.33. The quantitative estimate of drug-likeness (QED) is 0.717. The molecule has 1 aromatic carbocycles. The minimum Gasteiger partial charge on any atom is -0.493 e. The standard InChI is InChI=1S/C16H24N2O3/c1-6-7-12-8-13(9-14(20-4)15(12)21-5)16(19)18-10-11(2)17-3/h6,8-9,11,17H,1,7,10H2,2-5H3,(H,18,19). The van der Waals surface area contributed by atoms with Gasteiger partial charge in [0.05, 0.1) is 14.2 Å². The maximum Gasteiger partial charge on any atom is 0.251 e. The molecule has 1 unspecified atom stereocenters. The summed E-state index contributed by atoms with van der Waals surface area (Å²) in [6, 6.07) is 3.70. The Morgan fingerprint density at radius 1 is 1.38 bits per heavy atom. The third kappa shape index (κ3) is 4.49. The molecular weight excluding hydrogens is 268 g/mol. The molecule has 0 saturated carbocycles. The van der Waals surface area contributed by atoms with Crippen LogP contribution in [0.25, 0.3) is 0 Å². The summed E-state index contributed by atoms with van der Waals surface area (Å²) in [5.74, 6) is 1.05. The van der Waals surface area contributed by atoms with E-state index in [4.69, 9.17) is 9.47 Å². The van der Waals surface area contributed by atoms with Crippen LogP contribution < -0.4 is 20.1 Å². The second-order valence-corrected chi connectivity index (χ2v) is 4.76. The minimum absolute atomic E-state index is 0.136. The van der Waals surface area contributed by atoms with E-state index in [1.54, 1.807) is 26.4 Å². The van der Waals surface area contributed by atoms with Gasteiger partial charge < -0.3 is 20.1 Å². The van der Waals surface area contributed by atoms with Crippen LogP contribution in [0.5, 0.6) is 11.5 Å². The Labute approximate surface area is 126 Å². The molecule has 0 aromatic heterocycles. The monoisotopic (exact) mass is 292 g/mol. The van der Waals surface area contributed by atoms with Crippen LogP contribution in [-0.4, -0.2) is 39.8 Å². The molecule has 0 heterocycles. The van der Waals surface area contributed by atoms with Gasteiger partial charge in [-0.05, 0) is 32.5 Å². The van der Waals surface area contributed by atoms with E-state index >= 15 is 0 Å². The highest BCUT2D eigenvalue weighted by molar-refractivity contribution is 5.95. The smallest absolute Gasteiger partial charge is 0.251 e. The number of nitrogens with one attached hydrogen (secondary N) is 2. The fourth-order valence-electron chi connectivity index (χ4n) is 1.93. The van der Waals surface area contributed by atoms with Crippen LogP contribution in [0.2, 0.25) is 0 Å². The molecule has 0 fully saturated rings. The van der Waals surface area contributed by atoms with Crippen LogP contribution in [-0.2, 0) is 6.42 Å². The molecule has 0 spiro atoms. The molecule has 1 amide bonds. The number of amides is 1. The third-order valence-corrected chi connectivity index (χ3v) is 3.24. The highest BCUT2D eigenvalue weighted by Gasteiger charge is 2.15. The number of likely N-dealkylation sites (N-methyl/N-ethyl adjacent to an activating group) is 1. The number of benzene rings is 1. The number of rotatable bonds is 8. The molecule has 1 atom stereocenters. The molecule has 1 rings (SSSR count). The van der Waals surface area contributed by atoms with Gasteiger partial charge in [-0.3, -0.25) is 4.79 Å². The summed E-state index contributed by atoms with van der Waals surface area (Å²) in [6.45, 7) is 6.28. The summed E-state index contributed by atoms with van der Waals surface area (Å²) in [5, 5.41) is 5.96. The van der Waals surface area contributed by atoms with E-state index in [2.05, 4.69) is 17.2 Å². The number of methoxy groups -OCH3 is 2. The van der Waals surface area contributed by atoms with E-state index < -0.39 is 0 Å². The number of hydrogen-bond acceptors (Lipinski definition) is 4. The predicted molar refractivity (Wildman–Crippen MR) is 84.3 cm³/mol. The molecule has 116 valence electrons. The molecule has 0 bridgehead atoms. The maximum atomic E-state index is 12.2. The summed E-state index contributed by atoms with van der Waals surface area (Å²) < 4.78 is 10.7. The molecule has 0 aliphatic carbocycles. The zero-order valence-electron chi connectivity index (χ0n) is 13.2. The summed E-state index contributed by atoms with van der Waals surface area (Å²) in [6.07, 6.45) is 2.37. The molecule has 21 heavy (non-hydrogen) atoms. The third-order valence-electron chi connectivity index (χ3n) is 3.24. The lowest BCUT2D eigenvalue weighted by molar-refractivity contribution is 0.0950. The van der Waals surface area contributed by atoms with Gasteiger partial charge >= 0.3 is 0 Å². The Morgan fingerprint density at radius 3 is 2.62 bits per heavy atom. The van der Waals surface area contributed by atoms with Gasteiger partial charge in [0.25, 0.3) is 5.91 Å². The highest BCUT2D eigenvalue weighted by atomic mass is 16.5.